The fourth-order valence-electron chi connectivity index (χ4n) is 4.08. The Kier molecular flexibility index (Phi) is 3.90. The monoisotopic (exact) mass is 266 g/mol. The zero-order chi connectivity index (χ0) is 14.3. The Morgan fingerprint density at radius 3 is 2.68 bits per heavy atom. The highest BCUT2D eigenvalue weighted by Crippen LogP contribution is 2.55. The highest BCUT2D eigenvalue weighted by Gasteiger charge is 2.53. The largest absolute Gasteiger partial charge is 0.389 e. The fourth-order valence-corrected chi connectivity index (χ4v) is 4.08. The lowest BCUT2D eigenvalue weighted by Gasteiger charge is -2.54. The van der Waals surface area contributed by atoms with Gasteiger partial charge < -0.3 is 10.2 Å². The predicted octanol–water partition coefficient (Wildman–Crippen LogP) is 2.32. The number of rotatable bonds is 3. The van der Waals surface area contributed by atoms with Gasteiger partial charge in [-0.2, -0.15) is 0 Å². The van der Waals surface area contributed by atoms with Gasteiger partial charge in [0.25, 0.3) is 0 Å². The highest BCUT2D eigenvalue weighted by atomic mass is 16.3. The minimum Gasteiger partial charge on any atom is -0.389 e. The van der Waals surface area contributed by atoms with Gasteiger partial charge in [0, 0.05) is 11.8 Å². The van der Waals surface area contributed by atoms with Crippen molar-refractivity contribution in [1.29, 1.82) is 0 Å². The van der Waals surface area contributed by atoms with Gasteiger partial charge in [0.1, 0.15) is 6.61 Å². The first kappa shape index (κ1) is 14.7. The maximum Gasteiger partial charge on any atom is 0.158 e. The Morgan fingerprint density at radius 2 is 2.05 bits per heavy atom. The van der Waals surface area contributed by atoms with Crippen molar-refractivity contribution in [2.45, 2.75) is 52.1 Å². The van der Waals surface area contributed by atoms with Gasteiger partial charge in [-0.25, -0.2) is 0 Å². The minimum atomic E-state index is -0.973. The molecule has 108 valence electrons. The van der Waals surface area contributed by atoms with E-state index in [9.17, 15) is 9.90 Å². The van der Waals surface area contributed by atoms with Gasteiger partial charge in [0.05, 0.1) is 5.60 Å². The van der Waals surface area contributed by atoms with Gasteiger partial charge >= 0.3 is 0 Å². The maximum atomic E-state index is 11.7. The number of carbonyl (C=O) groups is 1. The molecule has 5 atom stereocenters. The number of hydrogen-bond donors (Lipinski definition) is 2. The Bertz CT molecular complexity index is 385. The van der Waals surface area contributed by atoms with Crippen LogP contribution in [0.15, 0.2) is 12.2 Å². The van der Waals surface area contributed by atoms with Crippen LogP contribution in [-0.4, -0.2) is 28.2 Å². The van der Waals surface area contributed by atoms with Crippen LogP contribution in [0, 0.1) is 23.2 Å². The lowest BCUT2D eigenvalue weighted by Crippen LogP contribution is -2.54. The summed E-state index contributed by atoms with van der Waals surface area (Å²) in [5, 5.41) is 19.8. The van der Waals surface area contributed by atoms with Gasteiger partial charge in [0.2, 0.25) is 0 Å². The maximum absolute atomic E-state index is 11.7. The summed E-state index contributed by atoms with van der Waals surface area (Å²) < 4.78 is 0. The number of hydrogen-bond acceptors (Lipinski definition) is 3. The third kappa shape index (κ3) is 2.50. The summed E-state index contributed by atoms with van der Waals surface area (Å²) in [6.07, 6.45) is 7.63. The van der Waals surface area contributed by atoms with Crippen molar-refractivity contribution in [3.8, 4) is 0 Å². The van der Waals surface area contributed by atoms with E-state index in [0.717, 1.165) is 19.3 Å². The second-order valence-electron chi connectivity index (χ2n) is 6.99. The number of ketones is 1. The van der Waals surface area contributed by atoms with Gasteiger partial charge in [-0.15, -0.1) is 0 Å². The molecule has 0 amide bonds. The van der Waals surface area contributed by atoms with E-state index in [-0.39, 0.29) is 12.2 Å². The van der Waals surface area contributed by atoms with E-state index in [4.69, 9.17) is 5.11 Å². The number of aliphatic hydroxyl groups excluding tert-OH is 1. The van der Waals surface area contributed by atoms with Crippen molar-refractivity contribution in [2.24, 2.45) is 23.2 Å². The zero-order valence-electron chi connectivity index (χ0n) is 12.2. The molecular weight excluding hydrogens is 240 g/mol. The summed E-state index contributed by atoms with van der Waals surface area (Å²) in [7, 11) is 0. The first-order valence-corrected chi connectivity index (χ1v) is 7.34. The van der Waals surface area contributed by atoms with Crippen LogP contribution in [0.3, 0.4) is 0 Å². The van der Waals surface area contributed by atoms with Crippen LogP contribution < -0.4 is 0 Å². The molecule has 19 heavy (non-hydrogen) atoms. The van der Waals surface area contributed by atoms with Crippen molar-refractivity contribution >= 4 is 5.78 Å². The third-order valence-electron chi connectivity index (χ3n) is 5.55. The Balaban J connectivity index is 2.32. The summed E-state index contributed by atoms with van der Waals surface area (Å²) in [5.74, 6) is 1.34. The van der Waals surface area contributed by atoms with Gasteiger partial charge in [0.15, 0.2) is 5.78 Å². The topological polar surface area (TPSA) is 57.5 Å². The van der Waals surface area contributed by atoms with E-state index < -0.39 is 17.6 Å². The minimum absolute atomic E-state index is 0.171. The van der Waals surface area contributed by atoms with Crippen molar-refractivity contribution in [3.63, 3.8) is 0 Å². The molecule has 0 aromatic heterocycles. The second-order valence-corrected chi connectivity index (χ2v) is 6.99. The highest BCUT2D eigenvalue weighted by molar-refractivity contribution is 5.80. The molecular formula is C16H26O3. The summed E-state index contributed by atoms with van der Waals surface area (Å²) in [5.41, 5.74) is -1.44. The first-order valence-electron chi connectivity index (χ1n) is 7.34. The molecule has 3 heteroatoms. The molecule has 0 spiro atoms. The second kappa shape index (κ2) is 5.02. The van der Waals surface area contributed by atoms with Crippen LogP contribution in [0.2, 0.25) is 0 Å². The molecule has 2 rings (SSSR count). The van der Waals surface area contributed by atoms with Gasteiger partial charge in [-0.05, 0) is 37.5 Å². The van der Waals surface area contributed by atoms with Crippen molar-refractivity contribution in [1.82, 2.24) is 0 Å². The Morgan fingerprint density at radius 1 is 1.37 bits per heavy atom. The normalized spacial score (nSPS) is 45.8. The van der Waals surface area contributed by atoms with Crippen molar-refractivity contribution < 1.29 is 15.0 Å². The molecule has 0 unspecified atom stereocenters. The molecule has 0 bridgehead atoms. The quantitative estimate of drug-likeness (QED) is 0.771. The van der Waals surface area contributed by atoms with E-state index in [0.29, 0.717) is 17.8 Å². The SMILES string of the molecule is C[C@H]1CC[C@H]2[C@@H](C=C[C@@](C)(O)[C@]2(C)CC(=O)CO)C1. The van der Waals surface area contributed by atoms with Crippen LogP contribution in [0.25, 0.3) is 0 Å². The number of allylic oxidation sites excluding steroid dienone is 1. The smallest absolute Gasteiger partial charge is 0.158 e. The summed E-state index contributed by atoms with van der Waals surface area (Å²) in [6, 6.07) is 0. The molecule has 0 saturated heterocycles. The standard InChI is InChI=1S/C16H26O3/c1-11-4-5-14-12(8-11)6-7-16(3,19)15(14,2)9-13(18)10-17/h6-7,11-12,14,17,19H,4-5,8-10H2,1-3H3/t11-,12-,14-,15+,16+/m0/s1. The lowest BCUT2D eigenvalue weighted by molar-refractivity contribution is -0.137. The van der Waals surface area contributed by atoms with Crippen LogP contribution in [0.4, 0.5) is 0 Å². The van der Waals surface area contributed by atoms with Gasteiger partial charge in [-0.3, -0.25) is 4.79 Å². The van der Waals surface area contributed by atoms with E-state index >= 15 is 0 Å². The number of fused-ring (bicyclic) bond motifs is 1. The average molecular weight is 266 g/mol. The summed E-state index contributed by atoms with van der Waals surface area (Å²) >= 11 is 0. The van der Waals surface area contributed by atoms with Crippen LogP contribution in [-0.2, 0) is 4.79 Å². The fraction of sp³-hybridized carbons (Fsp3) is 0.812. The van der Waals surface area contributed by atoms with Gasteiger partial charge in [-0.1, -0.05) is 32.4 Å². The summed E-state index contributed by atoms with van der Waals surface area (Å²) in [4.78, 5) is 11.7. The molecule has 1 fully saturated rings. The molecule has 0 aromatic rings. The number of aliphatic hydroxyl groups is 2. The molecule has 0 aromatic carbocycles. The first-order chi connectivity index (χ1) is 8.80. The predicted molar refractivity (Wildman–Crippen MR) is 74.6 cm³/mol. The van der Waals surface area contributed by atoms with E-state index in [1.54, 1.807) is 6.92 Å². The van der Waals surface area contributed by atoms with E-state index in [1.165, 1.54) is 0 Å². The van der Waals surface area contributed by atoms with Crippen molar-refractivity contribution in [2.75, 3.05) is 6.61 Å². The molecule has 2 aliphatic carbocycles. The van der Waals surface area contributed by atoms with E-state index in [1.807, 2.05) is 13.0 Å². The Hall–Kier alpha value is -0.670. The average Bonchev–Trinajstić information content (AvgIpc) is 2.34. The van der Waals surface area contributed by atoms with Crippen LogP contribution in [0.1, 0.15) is 46.5 Å². The van der Waals surface area contributed by atoms with Crippen LogP contribution >= 0.6 is 0 Å². The number of carbonyl (C=O) groups excluding carboxylic acids is 1. The molecule has 0 aliphatic heterocycles. The third-order valence-corrected chi connectivity index (χ3v) is 5.55. The molecule has 2 N–H and O–H groups in total. The molecule has 2 aliphatic rings. The molecule has 0 heterocycles. The molecule has 0 radical (unpaired) electrons. The van der Waals surface area contributed by atoms with Crippen LogP contribution in [0.5, 0.6) is 0 Å². The van der Waals surface area contributed by atoms with Crippen molar-refractivity contribution in [3.05, 3.63) is 12.2 Å². The lowest BCUT2D eigenvalue weighted by atomic mass is 9.52. The number of Topliss-reactive ketones (excluding diaryl/α,β-unsaturated/α-hetero) is 1. The Labute approximate surface area is 115 Å². The summed E-state index contributed by atoms with van der Waals surface area (Å²) in [6.45, 7) is 5.65. The zero-order valence-corrected chi connectivity index (χ0v) is 12.2. The molecule has 3 nitrogen and oxygen atoms in total. The molecule has 1 saturated carbocycles. The van der Waals surface area contributed by atoms with E-state index in [2.05, 4.69) is 13.0 Å².